The lowest BCUT2D eigenvalue weighted by atomic mass is 9.88. The number of anilines is 1. The molecule has 0 saturated carbocycles. The first kappa shape index (κ1) is 23.3. The van der Waals surface area contributed by atoms with E-state index in [0.29, 0.717) is 0 Å². The molecule has 0 fully saturated rings. The average Bonchev–Trinajstić information content (AvgIpc) is 2.66. The molecule has 0 bridgehead atoms. The SMILES string of the molecule is CCOP(=O)(OCC)C(F)(F)[C@@](Nc1ccccc1)(c1ccccc1)C(F)(F)F. The van der Waals surface area contributed by atoms with E-state index < -0.39 is 43.8 Å². The minimum atomic E-state index is -5.59. The normalized spacial score (nSPS) is 15.0. The van der Waals surface area contributed by atoms with Crippen molar-refractivity contribution in [3.05, 3.63) is 66.2 Å². The van der Waals surface area contributed by atoms with Gasteiger partial charge in [0, 0.05) is 5.69 Å². The highest BCUT2D eigenvalue weighted by Crippen LogP contribution is 2.71. The number of hydrogen-bond donors (Lipinski definition) is 1. The van der Waals surface area contributed by atoms with Gasteiger partial charge in [0.15, 0.2) is 0 Å². The summed E-state index contributed by atoms with van der Waals surface area (Å²) in [4.78, 5) is 0. The number of benzene rings is 2. The molecule has 0 heterocycles. The van der Waals surface area contributed by atoms with Crippen LogP contribution in [0.3, 0.4) is 0 Å². The van der Waals surface area contributed by atoms with Gasteiger partial charge in [0.25, 0.3) is 0 Å². The Balaban J connectivity index is 2.85. The van der Waals surface area contributed by atoms with Crippen molar-refractivity contribution >= 4 is 13.3 Å². The highest BCUT2D eigenvalue weighted by atomic mass is 31.2. The van der Waals surface area contributed by atoms with Crippen LogP contribution in [0, 0.1) is 0 Å². The maximum atomic E-state index is 15.7. The van der Waals surface area contributed by atoms with E-state index in [1.54, 1.807) is 0 Å². The molecule has 0 aliphatic carbocycles. The molecule has 1 N–H and O–H groups in total. The maximum absolute atomic E-state index is 15.7. The molecule has 160 valence electrons. The van der Waals surface area contributed by atoms with E-state index in [9.17, 15) is 17.7 Å². The predicted molar refractivity (Wildman–Crippen MR) is 100 cm³/mol. The molecule has 0 radical (unpaired) electrons. The lowest BCUT2D eigenvalue weighted by Crippen LogP contribution is -2.61. The Bertz CT molecular complexity index is 823. The van der Waals surface area contributed by atoms with E-state index >= 15 is 8.78 Å². The first-order chi connectivity index (χ1) is 13.6. The van der Waals surface area contributed by atoms with Crippen molar-refractivity contribution in [2.75, 3.05) is 18.5 Å². The lowest BCUT2D eigenvalue weighted by Gasteiger charge is -2.44. The van der Waals surface area contributed by atoms with E-state index in [2.05, 4.69) is 9.05 Å². The Morgan fingerprint density at radius 2 is 1.28 bits per heavy atom. The quantitative estimate of drug-likeness (QED) is 0.364. The number of hydrogen-bond acceptors (Lipinski definition) is 4. The summed E-state index contributed by atoms with van der Waals surface area (Å²) < 4.78 is 97.1. The predicted octanol–water partition coefficient (Wildman–Crippen LogP) is 6.42. The Morgan fingerprint density at radius 3 is 1.69 bits per heavy atom. The fourth-order valence-corrected chi connectivity index (χ4v) is 4.70. The number of halogens is 5. The summed E-state index contributed by atoms with van der Waals surface area (Å²) in [5.41, 5.74) is -10.2. The summed E-state index contributed by atoms with van der Waals surface area (Å²) in [6.45, 7) is 1.43. The number of nitrogens with one attached hydrogen (secondary N) is 1. The molecule has 0 unspecified atom stereocenters. The highest BCUT2D eigenvalue weighted by Gasteiger charge is 2.78. The van der Waals surface area contributed by atoms with Crippen LogP contribution in [-0.2, 0) is 19.2 Å². The molecule has 1 atom stereocenters. The average molecular weight is 437 g/mol. The van der Waals surface area contributed by atoms with Gasteiger partial charge in [-0.15, -0.1) is 0 Å². The van der Waals surface area contributed by atoms with Gasteiger partial charge in [0.2, 0.25) is 5.54 Å². The molecular weight excluding hydrogens is 416 g/mol. The number of rotatable bonds is 9. The van der Waals surface area contributed by atoms with Gasteiger partial charge in [-0.25, -0.2) is 0 Å². The minimum absolute atomic E-state index is 0.243. The smallest absolute Gasteiger partial charge is 0.362 e. The van der Waals surface area contributed by atoms with Crippen molar-refractivity contribution in [1.29, 1.82) is 0 Å². The molecule has 0 saturated heterocycles. The standard InChI is InChI=1S/C19H21F5NO3P/c1-3-27-29(26,28-4-2)19(23,24)17(18(20,21)22,15-11-7-5-8-12-15)25-16-13-9-6-10-14-16/h5-14,25H,3-4H2,1-2H3/t17-/m1/s1. The van der Waals surface area contributed by atoms with Gasteiger partial charge in [0.1, 0.15) is 0 Å². The molecule has 0 aliphatic rings. The summed E-state index contributed by atoms with van der Waals surface area (Å²) in [7, 11) is -5.56. The summed E-state index contributed by atoms with van der Waals surface area (Å²) in [6.07, 6.45) is -5.59. The van der Waals surface area contributed by atoms with Gasteiger partial charge in [-0.05, 0) is 31.5 Å². The molecule has 29 heavy (non-hydrogen) atoms. The van der Waals surface area contributed by atoms with Crippen LogP contribution >= 0.6 is 7.60 Å². The van der Waals surface area contributed by atoms with Gasteiger partial charge in [-0.1, -0.05) is 48.5 Å². The second-order valence-electron chi connectivity index (χ2n) is 5.98. The van der Waals surface area contributed by atoms with Crippen LogP contribution in [0.4, 0.5) is 27.6 Å². The molecule has 4 nitrogen and oxygen atoms in total. The van der Waals surface area contributed by atoms with Gasteiger partial charge < -0.3 is 14.4 Å². The second-order valence-corrected chi connectivity index (χ2v) is 8.05. The van der Waals surface area contributed by atoms with E-state index in [1.807, 2.05) is 5.32 Å². The lowest BCUT2D eigenvalue weighted by molar-refractivity contribution is -0.231. The van der Waals surface area contributed by atoms with E-state index in [0.717, 1.165) is 12.1 Å². The van der Waals surface area contributed by atoms with Crippen molar-refractivity contribution in [2.24, 2.45) is 0 Å². The molecule has 0 aliphatic heterocycles. The maximum Gasteiger partial charge on any atom is 0.422 e. The highest BCUT2D eigenvalue weighted by molar-refractivity contribution is 7.55. The summed E-state index contributed by atoms with van der Waals surface area (Å²) in [5.74, 6) is 0. The number of alkyl halides is 5. The van der Waals surface area contributed by atoms with Crippen molar-refractivity contribution in [2.45, 2.75) is 31.2 Å². The molecule has 0 amide bonds. The zero-order chi connectivity index (χ0) is 21.8. The van der Waals surface area contributed by atoms with Crippen LogP contribution in [0.25, 0.3) is 0 Å². The minimum Gasteiger partial charge on any atom is -0.362 e. The monoisotopic (exact) mass is 437 g/mol. The molecule has 0 spiro atoms. The Kier molecular flexibility index (Phi) is 7.09. The molecule has 2 rings (SSSR count). The Morgan fingerprint density at radius 1 is 0.828 bits per heavy atom. The largest absolute Gasteiger partial charge is 0.422 e. The molecule has 2 aromatic carbocycles. The van der Waals surface area contributed by atoms with Crippen molar-refractivity contribution in [1.82, 2.24) is 0 Å². The van der Waals surface area contributed by atoms with Crippen molar-refractivity contribution in [3.8, 4) is 0 Å². The molecule has 0 aromatic heterocycles. The fourth-order valence-electron chi connectivity index (χ4n) is 2.90. The van der Waals surface area contributed by atoms with E-state index in [4.69, 9.17) is 0 Å². The zero-order valence-electron chi connectivity index (χ0n) is 15.7. The molecule has 10 heteroatoms. The zero-order valence-corrected chi connectivity index (χ0v) is 16.6. The van der Waals surface area contributed by atoms with Gasteiger partial charge in [-0.3, -0.25) is 4.57 Å². The summed E-state index contributed by atoms with van der Waals surface area (Å²) >= 11 is 0. The third kappa shape index (κ3) is 4.17. The summed E-state index contributed by atoms with van der Waals surface area (Å²) in [5, 5.41) is 1.90. The van der Waals surface area contributed by atoms with Crippen molar-refractivity contribution in [3.63, 3.8) is 0 Å². The second kappa shape index (κ2) is 8.81. The van der Waals surface area contributed by atoms with Gasteiger partial charge >= 0.3 is 19.4 Å². The molecular formula is C19H21F5NO3P. The Labute approximate surface area is 165 Å². The number of para-hydroxylation sites is 1. The van der Waals surface area contributed by atoms with Crippen LogP contribution in [0.1, 0.15) is 19.4 Å². The third-order valence-corrected chi connectivity index (χ3v) is 6.35. The van der Waals surface area contributed by atoms with Gasteiger partial charge in [0.05, 0.1) is 13.2 Å². The van der Waals surface area contributed by atoms with Crippen LogP contribution < -0.4 is 5.32 Å². The molecule has 2 aromatic rings. The Hall–Kier alpha value is -1.96. The van der Waals surface area contributed by atoms with Crippen LogP contribution in [-0.4, -0.2) is 25.1 Å². The van der Waals surface area contributed by atoms with Crippen LogP contribution in [0.5, 0.6) is 0 Å². The van der Waals surface area contributed by atoms with E-state index in [-0.39, 0.29) is 5.69 Å². The first-order valence-corrected chi connectivity index (χ1v) is 10.3. The third-order valence-electron chi connectivity index (χ3n) is 4.13. The first-order valence-electron chi connectivity index (χ1n) is 8.78. The fraction of sp³-hybridized carbons (Fsp3) is 0.368. The van der Waals surface area contributed by atoms with Crippen molar-refractivity contribution < 1.29 is 35.6 Å². The van der Waals surface area contributed by atoms with Crippen LogP contribution in [0.2, 0.25) is 0 Å². The van der Waals surface area contributed by atoms with E-state index in [1.165, 1.54) is 62.4 Å². The topological polar surface area (TPSA) is 47.6 Å². The van der Waals surface area contributed by atoms with Gasteiger partial charge in [-0.2, -0.15) is 22.0 Å². The van der Waals surface area contributed by atoms with Crippen LogP contribution in [0.15, 0.2) is 60.7 Å². The summed E-state index contributed by atoms with van der Waals surface area (Å²) in [6, 6.07) is 12.2.